The maximum atomic E-state index is 13.1. The number of amides is 3. The fraction of sp³-hybridized carbons (Fsp3) is 0.435. The van der Waals surface area contributed by atoms with E-state index in [0.29, 0.717) is 50.5 Å². The lowest BCUT2D eigenvalue weighted by Crippen LogP contribution is -2.55. The average molecular weight is 450 g/mol. The maximum Gasteiger partial charge on any atom is 0.262 e. The average Bonchev–Trinajstić information content (AvgIpc) is 3.14. The molecule has 0 spiro atoms. The molecule has 1 aromatic carbocycles. The predicted molar refractivity (Wildman–Crippen MR) is 120 cm³/mol. The summed E-state index contributed by atoms with van der Waals surface area (Å²) in [6, 6.07) is 7.81. The van der Waals surface area contributed by atoms with Crippen molar-refractivity contribution >= 4 is 29.4 Å². The van der Waals surface area contributed by atoms with Gasteiger partial charge in [-0.3, -0.25) is 19.3 Å². The van der Waals surface area contributed by atoms with E-state index in [0.717, 1.165) is 29.6 Å². The van der Waals surface area contributed by atoms with Crippen molar-refractivity contribution in [2.24, 2.45) is 0 Å². The number of imide groups is 1. The molecule has 3 aliphatic heterocycles. The van der Waals surface area contributed by atoms with Crippen LogP contribution in [0.5, 0.6) is 0 Å². The van der Waals surface area contributed by atoms with Gasteiger partial charge in [0, 0.05) is 45.3 Å². The van der Waals surface area contributed by atoms with Gasteiger partial charge in [0.1, 0.15) is 24.0 Å². The summed E-state index contributed by atoms with van der Waals surface area (Å²) in [6.45, 7) is 6.79. The van der Waals surface area contributed by atoms with Gasteiger partial charge in [0.2, 0.25) is 5.91 Å². The third-order valence-electron chi connectivity index (χ3n) is 6.46. The minimum Gasteiger partial charge on any atom is -0.378 e. The van der Waals surface area contributed by atoms with Crippen LogP contribution in [0, 0.1) is 0 Å². The molecular weight excluding hydrogens is 424 g/mol. The molecule has 1 aromatic heterocycles. The van der Waals surface area contributed by atoms with Gasteiger partial charge in [0.25, 0.3) is 11.8 Å². The van der Waals surface area contributed by atoms with Crippen LogP contribution in [0.2, 0.25) is 0 Å². The van der Waals surface area contributed by atoms with Crippen LogP contribution in [0.25, 0.3) is 0 Å². The molecular formula is C23H26N6O4. The minimum absolute atomic E-state index is 0.221. The zero-order chi connectivity index (χ0) is 22.9. The molecule has 5 rings (SSSR count). The molecule has 2 fully saturated rings. The van der Waals surface area contributed by atoms with Crippen LogP contribution in [-0.4, -0.2) is 96.0 Å². The van der Waals surface area contributed by atoms with Gasteiger partial charge in [-0.1, -0.05) is 12.1 Å². The summed E-state index contributed by atoms with van der Waals surface area (Å²) in [6.07, 6.45) is 1.57. The molecule has 10 heteroatoms. The first-order valence-corrected chi connectivity index (χ1v) is 11.2. The molecule has 1 atom stereocenters. The third-order valence-corrected chi connectivity index (χ3v) is 6.46. The molecule has 3 aliphatic rings. The van der Waals surface area contributed by atoms with E-state index in [1.165, 1.54) is 0 Å². The normalized spacial score (nSPS) is 19.7. The number of aromatic nitrogens is 2. The van der Waals surface area contributed by atoms with Gasteiger partial charge in [0.05, 0.1) is 24.3 Å². The fourth-order valence-electron chi connectivity index (χ4n) is 4.57. The molecule has 0 saturated carbocycles. The summed E-state index contributed by atoms with van der Waals surface area (Å²) in [5.41, 5.74) is 0.707. The second-order valence-corrected chi connectivity index (χ2v) is 8.35. The Morgan fingerprint density at radius 2 is 1.42 bits per heavy atom. The van der Waals surface area contributed by atoms with Gasteiger partial charge in [-0.05, 0) is 19.1 Å². The summed E-state index contributed by atoms with van der Waals surface area (Å²) in [5, 5.41) is 0. The minimum atomic E-state index is -0.851. The van der Waals surface area contributed by atoms with Gasteiger partial charge in [0.15, 0.2) is 0 Å². The summed E-state index contributed by atoms with van der Waals surface area (Å²) in [5.74, 6) is 0.660. The van der Waals surface area contributed by atoms with Gasteiger partial charge in [-0.2, -0.15) is 0 Å². The first kappa shape index (κ1) is 21.3. The van der Waals surface area contributed by atoms with Gasteiger partial charge >= 0.3 is 0 Å². The van der Waals surface area contributed by atoms with Crippen LogP contribution in [0.1, 0.15) is 27.6 Å². The summed E-state index contributed by atoms with van der Waals surface area (Å²) < 4.78 is 5.41. The van der Waals surface area contributed by atoms with Crippen molar-refractivity contribution < 1.29 is 19.1 Å². The second-order valence-electron chi connectivity index (χ2n) is 8.35. The summed E-state index contributed by atoms with van der Waals surface area (Å²) in [7, 11) is 0. The summed E-state index contributed by atoms with van der Waals surface area (Å²) in [4.78, 5) is 54.5. The number of morpholine rings is 1. The van der Waals surface area contributed by atoms with Crippen molar-refractivity contribution in [1.82, 2.24) is 19.8 Å². The zero-order valence-corrected chi connectivity index (χ0v) is 18.5. The van der Waals surface area contributed by atoms with Crippen LogP contribution in [0.4, 0.5) is 11.6 Å². The fourth-order valence-corrected chi connectivity index (χ4v) is 4.57. The molecule has 2 aromatic rings. The Hall–Kier alpha value is -3.53. The largest absolute Gasteiger partial charge is 0.378 e. The van der Waals surface area contributed by atoms with E-state index < -0.39 is 17.9 Å². The lowest BCUT2D eigenvalue weighted by Gasteiger charge is -2.37. The number of hydrogen-bond acceptors (Lipinski definition) is 8. The number of anilines is 2. The number of carbonyl (C=O) groups excluding carboxylic acids is 3. The quantitative estimate of drug-likeness (QED) is 0.626. The number of ether oxygens (including phenoxy) is 1. The first-order chi connectivity index (χ1) is 16.0. The molecule has 0 aliphatic carbocycles. The van der Waals surface area contributed by atoms with Crippen LogP contribution in [0.15, 0.2) is 36.7 Å². The number of benzene rings is 1. The number of nitrogens with zero attached hydrogens (tertiary/aromatic N) is 6. The standard InChI is InChI=1S/C23H26N6O4/c1-16(29-22(31)17-4-2-3-5-18(17)23(29)32)21(30)28-8-6-26(7-9-28)19-14-20(25-15-24-19)27-10-12-33-13-11-27/h2-5,14-16H,6-13H2,1H3. The number of fused-ring (bicyclic) bond motifs is 1. The van der Waals surface area contributed by atoms with E-state index in [2.05, 4.69) is 19.8 Å². The van der Waals surface area contributed by atoms with Crippen LogP contribution in [0.3, 0.4) is 0 Å². The molecule has 10 nitrogen and oxygen atoms in total. The number of rotatable bonds is 4. The Morgan fingerprint density at radius 1 is 0.879 bits per heavy atom. The second kappa shape index (κ2) is 8.78. The number of hydrogen-bond donors (Lipinski definition) is 0. The summed E-state index contributed by atoms with van der Waals surface area (Å²) >= 11 is 0. The molecule has 1 unspecified atom stereocenters. The van der Waals surface area contributed by atoms with Gasteiger partial charge in [-0.15, -0.1) is 0 Å². The van der Waals surface area contributed by atoms with Crippen molar-refractivity contribution in [3.05, 3.63) is 47.8 Å². The van der Waals surface area contributed by atoms with Crippen molar-refractivity contribution in [3.63, 3.8) is 0 Å². The topological polar surface area (TPSA) is 99.2 Å². The number of piperazine rings is 1. The Labute approximate surface area is 191 Å². The van der Waals surface area contributed by atoms with Crippen LogP contribution < -0.4 is 9.80 Å². The molecule has 172 valence electrons. The molecule has 33 heavy (non-hydrogen) atoms. The highest BCUT2D eigenvalue weighted by atomic mass is 16.5. The SMILES string of the molecule is CC(C(=O)N1CCN(c2cc(N3CCOCC3)ncn2)CC1)N1C(=O)c2ccccc2C1=O. The van der Waals surface area contributed by atoms with E-state index in [-0.39, 0.29) is 5.91 Å². The predicted octanol–water partition coefficient (Wildman–Crippen LogP) is 0.647. The highest BCUT2D eigenvalue weighted by Gasteiger charge is 2.42. The Morgan fingerprint density at radius 3 is 2.00 bits per heavy atom. The lowest BCUT2D eigenvalue weighted by atomic mass is 10.1. The van der Waals surface area contributed by atoms with E-state index >= 15 is 0 Å². The molecule has 2 saturated heterocycles. The van der Waals surface area contributed by atoms with E-state index in [1.54, 1.807) is 42.4 Å². The van der Waals surface area contributed by atoms with Gasteiger partial charge < -0.3 is 19.4 Å². The lowest BCUT2D eigenvalue weighted by molar-refractivity contribution is -0.135. The highest BCUT2D eigenvalue weighted by molar-refractivity contribution is 6.22. The van der Waals surface area contributed by atoms with Gasteiger partial charge in [-0.25, -0.2) is 9.97 Å². The molecule has 4 heterocycles. The van der Waals surface area contributed by atoms with Crippen molar-refractivity contribution in [3.8, 4) is 0 Å². The Bertz CT molecular complexity index is 1040. The van der Waals surface area contributed by atoms with Crippen molar-refractivity contribution in [2.75, 3.05) is 62.3 Å². The van der Waals surface area contributed by atoms with E-state index in [9.17, 15) is 14.4 Å². The Kier molecular flexibility index (Phi) is 5.67. The van der Waals surface area contributed by atoms with E-state index in [1.807, 2.05) is 6.07 Å². The highest BCUT2D eigenvalue weighted by Crippen LogP contribution is 2.26. The van der Waals surface area contributed by atoms with Crippen molar-refractivity contribution in [2.45, 2.75) is 13.0 Å². The molecule has 0 radical (unpaired) electrons. The smallest absolute Gasteiger partial charge is 0.262 e. The zero-order valence-electron chi connectivity index (χ0n) is 18.5. The number of carbonyl (C=O) groups is 3. The van der Waals surface area contributed by atoms with E-state index in [4.69, 9.17) is 4.74 Å². The van der Waals surface area contributed by atoms with Crippen LogP contribution in [-0.2, 0) is 9.53 Å². The maximum absolute atomic E-state index is 13.1. The van der Waals surface area contributed by atoms with Crippen LogP contribution >= 0.6 is 0 Å². The van der Waals surface area contributed by atoms with Crippen molar-refractivity contribution in [1.29, 1.82) is 0 Å². The Balaban J connectivity index is 1.22. The molecule has 0 bridgehead atoms. The molecule has 3 amide bonds. The molecule has 0 N–H and O–H groups in total. The monoisotopic (exact) mass is 450 g/mol. The third kappa shape index (κ3) is 3.91. The first-order valence-electron chi connectivity index (χ1n) is 11.2.